The molecule has 1 aromatic carbocycles. The Kier molecular flexibility index (Phi) is 9.05. The zero-order valence-electron chi connectivity index (χ0n) is 15.5. The van der Waals surface area contributed by atoms with E-state index in [9.17, 15) is 0 Å². The van der Waals surface area contributed by atoms with Gasteiger partial charge in [0, 0.05) is 24.3 Å². The van der Waals surface area contributed by atoms with Gasteiger partial charge in [-0.25, -0.2) is 0 Å². The molecule has 0 atom stereocenters. The van der Waals surface area contributed by atoms with Gasteiger partial charge in [0.05, 0.1) is 6.54 Å². The molecule has 1 aliphatic rings. The highest BCUT2D eigenvalue weighted by Gasteiger charge is 2.14. The number of nitrogens with one attached hydrogen (secondary N) is 1. The second-order valence-corrected chi connectivity index (χ2v) is 6.97. The van der Waals surface area contributed by atoms with Crippen LogP contribution in [0.1, 0.15) is 51.7 Å². The predicted molar refractivity (Wildman–Crippen MR) is 116 cm³/mol. The standard InChI is InChI=1S/C19H32N4.HI/c1-14(2)23(15(3)4)13-12-21-19(20)22-18-11-7-9-16-8-5-6-10-17(16)18;/h7,9,11,14-15H,5-6,8,10,12-13H2,1-4H3,(H3,20,21,22);1H. The SMILES string of the molecule is CC(C)N(CCN=C(N)Nc1cccc2c1CCCC2)C(C)C.I. The highest BCUT2D eigenvalue weighted by Crippen LogP contribution is 2.27. The average Bonchev–Trinajstić information content (AvgIpc) is 2.51. The van der Waals surface area contributed by atoms with Crippen LogP contribution in [0.15, 0.2) is 23.2 Å². The first-order valence-corrected chi connectivity index (χ1v) is 8.92. The molecule has 0 fully saturated rings. The molecule has 0 heterocycles. The molecule has 0 saturated carbocycles. The minimum Gasteiger partial charge on any atom is -0.370 e. The van der Waals surface area contributed by atoms with Gasteiger partial charge in [-0.2, -0.15) is 0 Å². The van der Waals surface area contributed by atoms with Gasteiger partial charge in [-0.05, 0) is 70.6 Å². The average molecular weight is 444 g/mol. The first kappa shape index (κ1) is 21.2. The summed E-state index contributed by atoms with van der Waals surface area (Å²) in [6.07, 6.45) is 4.88. The summed E-state index contributed by atoms with van der Waals surface area (Å²) in [7, 11) is 0. The molecule has 0 unspecified atom stereocenters. The lowest BCUT2D eigenvalue weighted by Crippen LogP contribution is -2.39. The molecule has 24 heavy (non-hydrogen) atoms. The summed E-state index contributed by atoms with van der Waals surface area (Å²) in [5.74, 6) is 0.524. The third-order valence-corrected chi connectivity index (χ3v) is 4.63. The molecule has 4 nitrogen and oxygen atoms in total. The molecule has 1 aromatic rings. The van der Waals surface area contributed by atoms with E-state index in [1.54, 1.807) is 0 Å². The van der Waals surface area contributed by atoms with E-state index in [1.165, 1.54) is 30.4 Å². The van der Waals surface area contributed by atoms with E-state index >= 15 is 0 Å². The maximum Gasteiger partial charge on any atom is 0.193 e. The fraction of sp³-hybridized carbons (Fsp3) is 0.632. The van der Waals surface area contributed by atoms with Gasteiger partial charge in [0.1, 0.15) is 0 Å². The molecule has 0 aliphatic heterocycles. The number of aliphatic imine (C=N–C) groups is 1. The molecule has 5 heteroatoms. The zero-order chi connectivity index (χ0) is 16.8. The molecule has 0 aromatic heterocycles. The van der Waals surface area contributed by atoms with Gasteiger partial charge in [-0.3, -0.25) is 9.89 Å². The highest BCUT2D eigenvalue weighted by atomic mass is 127. The van der Waals surface area contributed by atoms with Crippen LogP contribution in [0, 0.1) is 0 Å². The monoisotopic (exact) mass is 444 g/mol. The fourth-order valence-corrected chi connectivity index (χ4v) is 3.47. The van der Waals surface area contributed by atoms with Crippen molar-refractivity contribution >= 4 is 35.6 Å². The van der Waals surface area contributed by atoms with Gasteiger partial charge in [-0.15, -0.1) is 24.0 Å². The topological polar surface area (TPSA) is 53.6 Å². The largest absolute Gasteiger partial charge is 0.370 e. The number of hydrogen-bond acceptors (Lipinski definition) is 2. The molecule has 3 N–H and O–H groups in total. The molecular formula is C19H33IN4. The van der Waals surface area contributed by atoms with Gasteiger partial charge in [0.15, 0.2) is 5.96 Å². The van der Waals surface area contributed by atoms with Crippen LogP contribution >= 0.6 is 24.0 Å². The minimum absolute atomic E-state index is 0. The van der Waals surface area contributed by atoms with Crippen LogP contribution in [0.5, 0.6) is 0 Å². The van der Waals surface area contributed by atoms with Crippen LogP contribution in [0.25, 0.3) is 0 Å². The summed E-state index contributed by atoms with van der Waals surface area (Å²) >= 11 is 0. The van der Waals surface area contributed by atoms with Crippen LogP contribution in [-0.4, -0.2) is 36.0 Å². The van der Waals surface area contributed by atoms with Crippen molar-refractivity contribution in [1.82, 2.24) is 4.90 Å². The van der Waals surface area contributed by atoms with Crippen LogP contribution in [0.3, 0.4) is 0 Å². The Morgan fingerprint density at radius 1 is 1.17 bits per heavy atom. The molecule has 1 aliphatic carbocycles. The molecule has 136 valence electrons. The van der Waals surface area contributed by atoms with E-state index in [0.717, 1.165) is 25.2 Å². The van der Waals surface area contributed by atoms with Crippen molar-refractivity contribution in [3.05, 3.63) is 29.3 Å². The first-order chi connectivity index (χ1) is 11.0. The highest BCUT2D eigenvalue weighted by molar-refractivity contribution is 14.0. The fourth-order valence-electron chi connectivity index (χ4n) is 3.47. The predicted octanol–water partition coefficient (Wildman–Crippen LogP) is 4.03. The minimum atomic E-state index is 0. The van der Waals surface area contributed by atoms with Gasteiger partial charge in [0.25, 0.3) is 0 Å². The summed E-state index contributed by atoms with van der Waals surface area (Å²) in [5.41, 5.74) is 10.1. The van der Waals surface area contributed by atoms with E-state index in [1.807, 2.05) is 0 Å². The number of nitrogens with two attached hydrogens (primary N) is 1. The van der Waals surface area contributed by atoms with Crippen LogP contribution in [0.2, 0.25) is 0 Å². The Balaban J connectivity index is 0.00000288. The number of halogens is 1. The molecule has 0 bridgehead atoms. The normalized spacial score (nSPS) is 14.7. The van der Waals surface area contributed by atoms with Crippen molar-refractivity contribution in [2.24, 2.45) is 10.7 Å². The molecule has 0 amide bonds. The molecular weight excluding hydrogens is 411 g/mol. The zero-order valence-corrected chi connectivity index (χ0v) is 17.8. The summed E-state index contributed by atoms with van der Waals surface area (Å²) in [5, 5.41) is 3.31. The second-order valence-electron chi connectivity index (χ2n) is 6.97. The Morgan fingerprint density at radius 3 is 2.50 bits per heavy atom. The van der Waals surface area contributed by atoms with Crippen LogP contribution in [0.4, 0.5) is 5.69 Å². The lowest BCUT2D eigenvalue weighted by Gasteiger charge is -2.29. The Labute approximate surface area is 164 Å². The number of rotatable bonds is 6. The maximum absolute atomic E-state index is 6.10. The summed E-state index contributed by atoms with van der Waals surface area (Å²) < 4.78 is 0. The van der Waals surface area contributed by atoms with Gasteiger partial charge < -0.3 is 11.1 Å². The van der Waals surface area contributed by atoms with E-state index in [-0.39, 0.29) is 24.0 Å². The Morgan fingerprint density at radius 2 is 1.83 bits per heavy atom. The smallest absolute Gasteiger partial charge is 0.193 e. The summed E-state index contributed by atoms with van der Waals surface area (Å²) in [4.78, 5) is 6.95. The third-order valence-electron chi connectivity index (χ3n) is 4.63. The maximum atomic E-state index is 6.10. The van der Waals surface area contributed by atoms with Crippen molar-refractivity contribution in [3.63, 3.8) is 0 Å². The van der Waals surface area contributed by atoms with E-state index in [4.69, 9.17) is 5.73 Å². The van der Waals surface area contributed by atoms with Crippen LogP contribution in [-0.2, 0) is 12.8 Å². The molecule has 0 radical (unpaired) electrons. The van der Waals surface area contributed by atoms with Gasteiger partial charge >= 0.3 is 0 Å². The lowest BCUT2D eigenvalue weighted by molar-refractivity contribution is 0.181. The van der Waals surface area contributed by atoms with Crippen molar-refractivity contribution in [2.75, 3.05) is 18.4 Å². The molecule has 0 saturated heterocycles. The number of benzene rings is 1. The van der Waals surface area contributed by atoms with Crippen LogP contribution < -0.4 is 11.1 Å². The van der Waals surface area contributed by atoms with Crippen molar-refractivity contribution < 1.29 is 0 Å². The third kappa shape index (κ3) is 5.92. The van der Waals surface area contributed by atoms with Crippen molar-refractivity contribution in [1.29, 1.82) is 0 Å². The number of hydrogen-bond donors (Lipinski definition) is 2. The van der Waals surface area contributed by atoms with E-state index in [2.05, 4.69) is 61.1 Å². The quantitative estimate of drug-likeness (QED) is 0.396. The second kappa shape index (κ2) is 10.2. The van der Waals surface area contributed by atoms with Crippen molar-refractivity contribution in [3.8, 4) is 0 Å². The Bertz CT molecular complexity index is 532. The number of aryl methyl sites for hydroxylation is 1. The summed E-state index contributed by atoms with van der Waals surface area (Å²) in [6, 6.07) is 7.51. The first-order valence-electron chi connectivity index (χ1n) is 8.92. The number of anilines is 1. The lowest BCUT2D eigenvalue weighted by atomic mass is 9.90. The van der Waals surface area contributed by atoms with Crippen molar-refractivity contribution in [2.45, 2.75) is 65.5 Å². The van der Waals surface area contributed by atoms with E-state index in [0.29, 0.717) is 18.0 Å². The Hall–Kier alpha value is -0.820. The molecule has 0 spiro atoms. The van der Waals surface area contributed by atoms with Gasteiger partial charge in [-0.1, -0.05) is 12.1 Å². The number of nitrogens with zero attached hydrogens (tertiary/aromatic N) is 2. The molecule has 2 rings (SSSR count). The number of guanidine groups is 1. The van der Waals surface area contributed by atoms with Gasteiger partial charge in [0.2, 0.25) is 0 Å². The number of fused-ring (bicyclic) bond motifs is 1. The summed E-state index contributed by atoms with van der Waals surface area (Å²) in [6.45, 7) is 10.6. The van der Waals surface area contributed by atoms with E-state index < -0.39 is 0 Å².